The van der Waals surface area contributed by atoms with Gasteiger partial charge in [0.2, 0.25) is 0 Å². The van der Waals surface area contributed by atoms with Crippen molar-refractivity contribution in [1.29, 1.82) is 0 Å². The summed E-state index contributed by atoms with van der Waals surface area (Å²) in [5, 5.41) is 0.540. The Labute approximate surface area is 166 Å². The summed E-state index contributed by atoms with van der Waals surface area (Å²) in [6.45, 7) is 5.03. The summed E-state index contributed by atoms with van der Waals surface area (Å²) in [5.41, 5.74) is 1.96. The zero-order chi connectivity index (χ0) is 18.6. The smallest absolute Gasteiger partial charge is 0.255 e. The predicted octanol–water partition coefficient (Wildman–Crippen LogP) is 4.68. The molecule has 2 saturated heterocycles. The van der Waals surface area contributed by atoms with E-state index in [1.165, 1.54) is 37.9 Å². The average Bonchev–Trinajstić information content (AvgIpc) is 3.13. The van der Waals surface area contributed by atoms with Gasteiger partial charge in [-0.15, -0.1) is 0 Å². The molecule has 2 heterocycles. The van der Waals surface area contributed by atoms with Crippen LogP contribution >= 0.6 is 11.6 Å². The van der Waals surface area contributed by atoms with Gasteiger partial charge >= 0.3 is 0 Å². The van der Waals surface area contributed by atoms with E-state index in [0.717, 1.165) is 19.6 Å². The van der Waals surface area contributed by atoms with Crippen molar-refractivity contribution in [2.24, 2.45) is 5.92 Å². The molecule has 0 aromatic heterocycles. The van der Waals surface area contributed by atoms with Gasteiger partial charge < -0.3 is 9.80 Å². The molecule has 0 saturated carbocycles. The zero-order valence-electron chi connectivity index (χ0n) is 15.7. The lowest BCUT2D eigenvalue weighted by Crippen LogP contribution is -2.36. The number of carbonyl (C=O) groups excluding carboxylic acids is 1. The fourth-order valence-electron chi connectivity index (χ4n) is 4.58. The molecule has 2 fully saturated rings. The van der Waals surface area contributed by atoms with Gasteiger partial charge in [-0.05, 0) is 49.5 Å². The largest absolute Gasteiger partial charge is 0.338 e. The second kappa shape index (κ2) is 8.45. The Kier molecular flexibility index (Phi) is 5.80. The van der Waals surface area contributed by atoms with E-state index in [1.54, 1.807) is 6.07 Å². The van der Waals surface area contributed by atoms with Crippen LogP contribution in [0.15, 0.2) is 54.6 Å². The second-order valence-corrected chi connectivity index (χ2v) is 8.24. The van der Waals surface area contributed by atoms with Crippen molar-refractivity contribution in [1.82, 2.24) is 9.80 Å². The molecule has 2 aliphatic heterocycles. The molecule has 0 N–H and O–H groups in total. The third-order valence-electron chi connectivity index (χ3n) is 6.00. The van der Waals surface area contributed by atoms with Crippen molar-refractivity contribution >= 4 is 17.5 Å². The molecule has 2 aromatic carbocycles. The number of hydrogen-bond donors (Lipinski definition) is 0. The maximum Gasteiger partial charge on any atom is 0.255 e. The van der Waals surface area contributed by atoms with E-state index >= 15 is 0 Å². The monoisotopic (exact) mass is 382 g/mol. The molecule has 3 nitrogen and oxygen atoms in total. The van der Waals surface area contributed by atoms with Crippen LogP contribution in [0, 0.1) is 5.92 Å². The van der Waals surface area contributed by atoms with Crippen LogP contribution in [0.1, 0.15) is 41.1 Å². The molecule has 27 heavy (non-hydrogen) atoms. The van der Waals surface area contributed by atoms with Crippen LogP contribution in [-0.4, -0.2) is 48.4 Å². The summed E-state index contributed by atoms with van der Waals surface area (Å²) < 4.78 is 0. The van der Waals surface area contributed by atoms with Gasteiger partial charge in [0.15, 0.2) is 0 Å². The third-order valence-corrected chi connectivity index (χ3v) is 6.33. The first kappa shape index (κ1) is 18.5. The van der Waals surface area contributed by atoms with Crippen LogP contribution in [0.5, 0.6) is 0 Å². The summed E-state index contributed by atoms with van der Waals surface area (Å²) in [5.74, 6) is 0.916. The maximum atomic E-state index is 13.1. The van der Waals surface area contributed by atoms with Crippen LogP contribution in [0.3, 0.4) is 0 Å². The van der Waals surface area contributed by atoms with E-state index in [4.69, 9.17) is 11.6 Å². The van der Waals surface area contributed by atoms with Crippen LogP contribution in [0.2, 0.25) is 5.02 Å². The maximum absolute atomic E-state index is 13.1. The second-order valence-electron chi connectivity index (χ2n) is 7.83. The lowest BCUT2D eigenvalue weighted by Gasteiger charge is -2.31. The van der Waals surface area contributed by atoms with E-state index in [9.17, 15) is 4.79 Å². The summed E-state index contributed by atoms with van der Waals surface area (Å²) in [6, 6.07) is 18.1. The van der Waals surface area contributed by atoms with Crippen molar-refractivity contribution in [2.45, 2.75) is 25.2 Å². The SMILES string of the molecule is O=C(c1ccccc1Cl)N1C[C@H](CN2CCCCC2)[C@@H](c2ccccc2)C1. The van der Waals surface area contributed by atoms with Crippen molar-refractivity contribution in [3.05, 3.63) is 70.7 Å². The van der Waals surface area contributed by atoms with Gasteiger partial charge in [0.25, 0.3) is 5.91 Å². The van der Waals surface area contributed by atoms with Crippen molar-refractivity contribution in [3.63, 3.8) is 0 Å². The van der Waals surface area contributed by atoms with Crippen LogP contribution in [0.25, 0.3) is 0 Å². The number of likely N-dealkylation sites (tertiary alicyclic amines) is 2. The highest BCUT2D eigenvalue weighted by Crippen LogP contribution is 2.35. The van der Waals surface area contributed by atoms with Gasteiger partial charge in [0.05, 0.1) is 10.6 Å². The van der Waals surface area contributed by atoms with Crippen LogP contribution in [0.4, 0.5) is 0 Å². The molecule has 0 spiro atoms. The molecule has 1 amide bonds. The molecule has 0 bridgehead atoms. The molecule has 142 valence electrons. The standard InChI is InChI=1S/C23H27ClN2O/c24-22-12-6-5-11-20(22)23(27)26-16-19(15-25-13-7-2-8-14-25)21(17-26)18-9-3-1-4-10-18/h1,3-6,9-12,19,21H,2,7-8,13-17H2/t19-,21+/m0/s1. The summed E-state index contributed by atoms with van der Waals surface area (Å²) in [6.07, 6.45) is 3.94. The number of piperidine rings is 1. The minimum absolute atomic E-state index is 0.0580. The molecular formula is C23H27ClN2O. The van der Waals surface area contributed by atoms with Gasteiger partial charge in [-0.2, -0.15) is 0 Å². The summed E-state index contributed by atoms with van der Waals surface area (Å²) >= 11 is 6.29. The molecule has 2 aromatic rings. The first-order valence-electron chi connectivity index (χ1n) is 10.0. The van der Waals surface area contributed by atoms with Gasteiger partial charge in [-0.25, -0.2) is 0 Å². The molecule has 2 aliphatic rings. The summed E-state index contributed by atoms with van der Waals surface area (Å²) in [4.78, 5) is 17.7. The van der Waals surface area contributed by atoms with E-state index in [1.807, 2.05) is 23.1 Å². The highest BCUT2D eigenvalue weighted by Gasteiger charge is 2.37. The zero-order valence-corrected chi connectivity index (χ0v) is 16.4. The quantitative estimate of drug-likeness (QED) is 0.766. The number of nitrogens with zero attached hydrogens (tertiary/aromatic N) is 2. The van der Waals surface area contributed by atoms with Crippen LogP contribution < -0.4 is 0 Å². The predicted molar refractivity (Wildman–Crippen MR) is 110 cm³/mol. The van der Waals surface area contributed by atoms with Gasteiger partial charge in [0.1, 0.15) is 0 Å². The van der Waals surface area contributed by atoms with Crippen molar-refractivity contribution < 1.29 is 4.79 Å². The minimum Gasteiger partial charge on any atom is -0.338 e. The molecule has 0 radical (unpaired) electrons. The highest BCUT2D eigenvalue weighted by atomic mass is 35.5. The Morgan fingerprint density at radius 2 is 1.63 bits per heavy atom. The first-order valence-corrected chi connectivity index (χ1v) is 10.4. The lowest BCUT2D eigenvalue weighted by atomic mass is 9.88. The topological polar surface area (TPSA) is 23.6 Å². The minimum atomic E-state index is 0.0580. The normalized spacial score (nSPS) is 23.5. The van der Waals surface area contributed by atoms with Gasteiger partial charge in [-0.1, -0.05) is 60.5 Å². The average molecular weight is 383 g/mol. The van der Waals surface area contributed by atoms with E-state index in [2.05, 4.69) is 35.2 Å². The fraction of sp³-hybridized carbons (Fsp3) is 0.435. The molecule has 4 heteroatoms. The molecular weight excluding hydrogens is 356 g/mol. The molecule has 0 unspecified atom stereocenters. The Hall–Kier alpha value is -1.84. The van der Waals surface area contributed by atoms with E-state index in [-0.39, 0.29) is 5.91 Å². The van der Waals surface area contributed by atoms with Gasteiger partial charge in [-0.3, -0.25) is 4.79 Å². The van der Waals surface area contributed by atoms with Crippen molar-refractivity contribution in [2.75, 3.05) is 32.7 Å². The highest BCUT2D eigenvalue weighted by molar-refractivity contribution is 6.33. The molecule has 4 rings (SSSR count). The number of benzene rings is 2. The Bertz CT molecular complexity index is 773. The lowest BCUT2D eigenvalue weighted by molar-refractivity contribution is 0.0782. The Morgan fingerprint density at radius 1 is 0.926 bits per heavy atom. The number of rotatable bonds is 4. The third kappa shape index (κ3) is 4.20. The summed E-state index contributed by atoms with van der Waals surface area (Å²) in [7, 11) is 0. The van der Waals surface area contributed by atoms with Gasteiger partial charge in [0, 0.05) is 25.6 Å². The number of hydrogen-bond acceptors (Lipinski definition) is 2. The first-order chi connectivity index (χ1) is 13.2. The van der Waals surface area contributed by atoms with E-state index < -0.39 is 0 Å². The Balaban J connectivity index is 1.55. The molecule has 0 aliphatic carbocycles. The number of amides is 1. The molecule has 2 atom stereocenters. The number of halogens is 1. The van der Waals surface area contributed by atoms with E-state index in [0.29, 0.717) is 22.4 Å². The number of carbonyl (C=O) groups is 1. The van der Waals surface area contributed by atoms with Crippen LogP contribution in [-0.2, 0) is 0 Å². The fourth-order valence-corrected chi connectivity index (χ4v) is 4.80. The Morgan fingerprint density at radius 3 is 2.37 bits per heavy atom. The van der Waals surface area contributed by atoms with Crippen molar-refractivity contribution in [3.8, 4) is 0 Å².